The second-order valence-corrected chi connectivity index (χ2v) is 9.46. The topological polar surface area (TPSA) is 69.9 Å². The molecule has 1 fully saturated rings. The molecule has 0 saturated carbocycles. The fraction of sp³-hybridized carbons (Fsp3) is 0.462. The number of aromatic nitrogens is 2. The molecule has 1 aromatic carbocycles. The molecule has 34 heavy (non-hydrogen) atoms. The van der Waals surface area contributed by atoms with E-state index in [9.17, 15) is 0 Å². The van der Waals surface area contributed by atoms with Crippen LogP contribution in [0.3, 0.4) is 0 Å². The molecule has 3 heterocycles. The molecule has 182 valence electrons. The summed E-state index contributed by atoms with van der Waals surface area (Å²) >= 11 is 1.63. The van der Waals surface area contributed by atoms with E-state index in [4.69, 9.17) is 23.6 Å². The Hall–Kier alpha value is -2.39. The predicted octanol–water partition coefficient (Wildman–Crippen LogP) is 5.01. The van der Waals surface area contributed by atoms with Crippen LogP contribution in [-0.2, 0) is 22.6 Å². The summed E-state index contributed by atoms with van der Waals surface area (Å²) in [6, 6.07) is 12.2. The van der Waals surface area contributed by atoms with Gasteiger partial charge in [-0.05, 0) is 49.2 Å². The Morgan fingerprint density at radius 2 is 2.00 bits per heavy atom. The molecule has 2 aromatic heterocycles. The van der Waals surface area contributed by atoms with Gasteiger partial charge >= 0.3 is 0 Å². The van der Waals surface area contributed by atoms with E-state index in [2.05, 4.69) is 28.1 Å². The standard InChI is InChI=1S/C26H33N3O4S/c1-30-12-13-34-26-27-15-24(19-6-4-8-21(14-19)32-3)25(28-26)20-7-5-11-29(16-20)17-22-9-10-23(33-22)18-31-2/h4,6,8-10,14-15,20H,5,7,11-13,16-18H2,1-3H3/t20-/m1/s1. The highest BCUT2D eigenvalue weighted by Crippen LogP contribution is 2.35. The molecule has 1 atom stereocenters. The van der Waals surface area contributed by atoms with Gasteiger partial charge in [-0.1, -0.05) is 23.9 Å². The zero-order valence-electron chi connectivity index (χ0n) is 20.2. The van der Waals surface area contributed by atoms with Crippen LogP contribution in [0.25, 0.3) is 11.1 Å². The van der Waals surface area contributed by atoms with Crippen molar-refractivity contribution in [2.75, 3.05) is 46.8 Å². The van der Waals surface area contributed by atoms with Crippen molar-refractivity contribution in [2.24, 2.45) is 0 Å². The smallest absolute Gasteiger partial charge is 0.187 e. The fourth-order valence-corrected chi connectivity index (χ4v) is 5.08. The number of nitrogens with zero attached hydrogens (tertiary/aromatic N) is 3. The fourth-order valence-electron chi connectivity index (χ4n) is 4.36. The predicted molar refractivity (Wildman–Crippen MR) is 133 cm³/mol. The Labute approximate surface area is 205 Å². The zero-order valence-corrected chi connectivity index (χ0v) is 21.0. The quantitative estimate of drug-likeness (QED) is 0.214. The van der Waals surface area contributed by atoms with Crippen LogP contribution < -0.4 is 4.74 Å². The molecule has 0 N–H and O–H groups in total. The summed E-state index contributed by atoms with van der Waals surface area (Å²) in [5, 5.41) is 0.797. The van der Waals surface area contributed by atoms with E-state index >= 15 is 0 Å². The minimum atomic E-state index is 0.313. The Kier molecular flexibility index (Phi) is 8.98. The van der Waals surface area contributed by atoms with Crippen molar-refractivity contribution in [3.05, 3.63) is 59.8 Å². The molecule has 7 nitrogen and oxygen atoms in total. The van der Waals surface area contributed by atoms with Gasteiger partial charge < -0.3 is 18.6 Å². The number of furan rings is 1. The number of benzene rings is 1. The van der Waals surface area contributed by atoms with Crippen LogP contribution >= 0.6 is 11.8 Å². The van der Waals surface area contributed by atoms with Gasteiger partial charge in [0.25, 0.3) is 0 Å². The minimum Gasteiger partial charge on any atom is -0.497 e. The lowest BCUT2D eigenvalue weighted by atomic mass is 9.90. The van der Waals surface area contributed by atoms with Gasteiger partial charge in [-0.3, -0.25) is 4.90 Å². The van der Waals surface area contributed by atoms with E-state index in [1.165, 1.54) is 0 Å². The average Bonchev–Trinajstić information content (AvgIpc) is 3.31. The third kappa shape index (κ3) is 6.39. The van der Waals surface area contributed by atoms with Crippen molar-refractivity contribution in [1.29, 1.82) is 0 Å². The largest absolute Gasteiger partial charge is 0.497 e. The number of piperidine rings is 1. The van der Waals surface area contributed by atoms with Crippen LogP contribution in [0.15, 0.2) is 52.2 Å². The van der Waals surface area contributed by atoms with Crippen LogP contribution in [0, 0.1) is 0 Å². The first kappa shape index (κ1) is 24.7. The second-order valence-electron chi connectivity index (χ2n) is 8.40. The van der Waals surface area contributed by atoms with E-state index in [0.717, 1.165) is 77.5 Å². The second kappa shape index (κ2) is 12.4. The van der Waals surface area contributed by atoms with Gasteiger partial charge in [0.15, 0.2) is 5.16 Å². The van der Waals surface area contributed by atoms with Crippen LogP contribution in [-0.4, -0.2) is 61.6 Å². The zero-order chi connectivity index (χ0) is 23.8. The van der Waals surface area contributed by atoms with Crippen LogP contribution in [0.5, 0.6) is 5.75 Å². The number of rotatable bonds is 11. The number of thioether (sulfide) groups is 1. The molecule has 0 unspecified atom stereocenters. The summed E-state index contributed by atoms with van der Waals surface area (Å²) in [5.41, 5.74) is 3.25. The summed E-state index contributed by atoms with van der Waals surface area (Å²) in [4.78, 5) is 12.2. The summed E-state index contributed by atoms with van der Waals surface area (Å²) in [6.45, 7) is 3.93. The molecule has 0 spiro atoms. The van der Waals surface area contributed by atoms with E-state index in [0.29, 0.717) is 19.1 Å². The SMILES string of the molecule is COCCSc1ncc(-c2cccc(OC)c2)c([C@@H]2CCCN(Cc3ccc(COC)o3)C2)n1. The Morgan fingerprint density at radius 1 is 1.12 bits per heavy atom. The number of ether oxygens (including phenoxy) is 3. The Bertz CT molecular complexity index is 1060. The number of hydrogen-bond donors (Lipinski definition) is 0. The molecule has 0 radical (unpaired) electrons. The first-order chi connectivity index (χ1) is 16.7. The maximum absolute atomic E-state index is 5.94. The minimum absolute atomic E-state index is 0.313. The molecule has 0 bridgehead atoms. The van der Waals surface area contributed by atoms with Crippen molar-refractivity contribution in [3.63, 3.8) is 0 Å². The molecular weight excluding hydrogens is 450 g/mol. The van der Waals surface area contributed by atoms with Crippen LogP contribution in [0.4, 0.5) is 0 Å². The average molecular weight is 484 g/mol. The molecule has 4 rings (SSSR count). The summed E-state index contributed by atoms with van der Waals surface area (Å²) in [7, 11) is 5.09. The molecule has 1 aliphatic rings. The summed E-state index contributed by atoms with van der Waals surface area (Å²) in [5.74, 6) is 3.80. The van der Waals surface area contributed by atoms with E-state index in [1.807, 2.05) is 24.4 Å². The Balaban J connectivity index is 1.58. The van der Waals surface area contributed by atoms with Crippen molar-refractivity contribution in [1.82, 2.24) is 14.9 Å². The van der Waals surface area contributed by atoms with Gasteiger partial charge in [0.05, 0.1) is 26.0 Å². The Morgan fingerprint density at radius 3 is 2.82 bits per heavy atom. The normalized spacial score (nSPS) is 16.6. The lowest BCUT2D eigenvalue weighted by Crippen LogP contribution is -2.34. The van der Waals surface area contributed by atoms with Gasteiger partial charge in [0.2, 0.25) is 0 Å². The maximum atomic E-state index is 5.94. The first-order valence-electron chi connectivity index (χ1n) is 11.6. The number of hydrogen-bond acceptors (Lipinski definition) is 8. The highest BCUT2D eigenvalue weighted by Gasteiger charge is 2.26. The molecule has 1 aliphatic heterocycles. The van der Waals surface area contributed by atoms with E-state index in [-0.39, 0.29) is 0 Å². The first-order valence-corrected chi connectivity index (χ1v) is 12.6. The summed E-state index contributed by atoms with van der Waals surface area (Å²) < 4.78 is 21.8. The molecule has 0 aliphatic carbocycles. The van der Waals surface area contributed by atoms with Gasteiger partial charge in [-0.15, -0.1) is 0 Å². The summed E-state index contributed by atoms with van der Waals surface area (Å²) in [6.07, 6.45) is 4.18. The lowest BCUT2D eigenvalue weighted by Gasteiger charge is -2.32. The third-order valence-corrected chi connectivity index (χ3v) is 6.80. The van der Waals surface area contributed by atoms with Gasteiger partial charge in [0.1, 0.15) is 23.9 Å². The van der Waals surface area contributed by atoms with Crippen LogP contribution in [0.2, 0.25) is 0 Å². The molecule has 3 aromatic rings. The number of likely N-dealkylation sites (tertiary alicyclic amines) is 1. The third-order valence-electron chi connectivity index (χ3n) is 5.97. The number of methoxy groups -OCH3 is 3. The molecule has 0 amide bonds. The van der Waals surface area contributed by atoms with Crippen molar-refractivity contribution >= 4 is 11.8 Å². The van der Waals surface area contributed by atoms with E-state index in [1.54, 1.807) is 33.1 Å². The molecular formula is C26H33N3O4S. The maximum Gasteiger partial charge on any atom is 0.187 e. The van der Waals surface area contributed by atoms with Crippen molar-refractivity contribution < 1.29 is 18.6 Å². The van der Waals surface area contributed by atoms with Crippen molar-refractivity contribution in [3.8, 4) is 16.9 Å². The lowest BCUT2D eigenvalue weighted by molar-refractivity contribution is 0.153. The highest BCUT2D eigenvalue weighted by atomic mass is 32.2. The molecule has 1 saturated heterocycles. The monoisotopic (exact) mass is 483 g/mol. The van der Waals surface area contributed by atoms with Crippen molar-refractivity contribution in [2.45, 2.75) is 37.1 Å². The van der Waals surface area contributed by atoms with Crippen LogP contribution in [0.1, 0.15) is 36.0 Å². The van der Waals surface area contributed by atoms with Gasteiger partial charge in [0, 0.05) is 44.2 Å². The molecule has 8 heteroatoms. The van der Waals surface area contributed by atoms with E-state index < -0.39 is 0 Å². The van der Waals surface area contributed by atoms with Gasteiger partial charge in [-0.2, -0.15) is 0 Å². The van der Waals surface area contributed by atoms with Gasteiger partial charge in [-0.25, -0.2) is 9.97 Å². The highest BCUT2D eigenvalue weighted by molar-refractivity contribution is 7.99.